The van der Waals surface area contributed by atoms with Gasteiger partial charge in [0.2, 0.25) is 0 Å². The summed E-state index contributed by atoms with van der Waals surface area (Å²) in [4.78, 5) is 0. The van der Waals surface area contributed by atoms with Crippen LogP contribution in [0.4, 0.5) is 0 Å². The van der Waals surface area contributed by atoms with E-state index in [1.165, 1.54) is 0 Å². The third-order valence-electron chi connectivity index (χ3n) is 2.90. The molecular formula is C12H15BO4. The van der Waals surface area contributed by atoms with Gasteiger partial charge in [-0.25, -0.2) is 0 Å². The zero-order chi connectivity index (χ0) is 11.7. The Kier molecular flexibility index (Phi) is 3.05. The lowest BCUT2D eigenvalue weighted by atomic mass is 9.79. The van der Waals surface area contributed by atoms with Crippen molar-refractivity contribution >= 4 is 12.6 Å². The first kappa shape index (κ1) is 11.1. The largest absolute Gasteiger partial charge is 0.494 e. The van der Waals surface area contributed by atoms with E-state index in [9.17, 15) is 0 Å². The molecule has 0 amide bonds. The molecule has 4 nitrogen and oxygen atoms in total. The van der Waals surface area contributed by atoms with E-state index in [0.717, 1.165) is 11.2 Å². The van der Waals surface area contributed by atoms with E-state index >= 15 is 0 Å². The Morgan fingerprint density at radius 2 is 1.94 bits per heavy atom. The molecule has 0 spiro atoms. The van der Waals surface area contributed by atoms with Crippen molar-refractivity contribution in [3.63, 3.8) is 0 Å². The molecule has 1 atom stereocenters. The fourth-order valence-corrected chi connectivity index (χ4v) is 1.87. The normalized spacial score (nSPS) is 24.8. The standard InChI is InChI=1S/C12H15BO4/c1-9-6-15-13(17-9)10-2-4-11(5-3-10)16-12-7-14-8-12/h2-5,9,12H,6-8H2,1H3. The van der Waals surface area contributed by atoms with Crippen LogP contribution in [0.15, 0.2) is 24.3 Å². The van der Waals surface area contributed by atoms with Crippen LogP contribution in [0, 0.1) is 0 Å². The number of benzene rings is 1. The second-order valence-corrected chi connectivity index (χ2v) is 4.46. The molecule has 90 valence electrons. The lowest BCUT2D eigenvalue weighted by molar-refractivity contribution is -0.0796. The maximum Gasteiger partial charge on any atom is 0.494 e. The summed E-state index contributed by atoms with van der Waals surface area (Å²) >= 11 is 0. The third kappa shape index (κ3) is 2.46. The van der Waals surface area contributed by atoms with Gasteiger partial charge >= 0.3 is 7.12 Å². The van der Waals surface area contributed by atoms with Gasteiger partial charge in [-0.3, -0.25) is 0 Å². The van der Waals surface area contributed by atoms with Crippen LogP contribution in [-0.4, -0.2) is 39.1 Å². The van der Waals surface area contributed by atoms with E-state index in [1.54, 1.807) is 0 Å². The van der Waals surface area contributed by atoms with E-state index in [2.05, 4.69) is 0 Å². The van der Waals surface area contributed by atoms with Gasteiger partial charge in [-0.05, 0) is 24.5 Å². The summed E-state index contributed by atoms with van der Waals surface area (Å²) in [5, 5.41) is 0. The Morgan fingerprint density at radius 3 is 2.47 bits per heavy atom. The van der Waals surface area contributed by atoms with E-state index in [1.807, 2.05) is 31.2 Å². The van der Waals surface area contributed by atoms with Crippen LogP contribution < -0.4 is 10.2 Å². The summed E-state index contributed by atoms with van der Waals surface area (Å²) in [6, 6.07) is 7.86. The van der Waals surface area contributed by atoms with E-state index in [-0.39, 0.29) is 19.3 Å². The molecule has 0 aliphatic carbocycles. The zero-order valence-electron chi connectivity index (χ0n) is 9.80. The van der Waals surface area contributed by atoms with Crippen molar-refractivity contribution in [2.45, 2.75) is 19.1 Å². The number of ether oxygens (including phenoxy) is 2. The molecule has 1 aromatic carbocycles. The molecule has 3 rings (SSSR count). The molecule has 2 heterocycles. The average Bonchev–Trinajstić information content (AvgIpc) is 2.71. The smallest absolute Gasteiger partial charge is 0.486 e. The van der Waals surface area contributed by atoms with Crippen molar-refractivity contribution in [2.75, 3.05) is 19.8 Å². The van der Waals surface area contributed by atoms with Gasteiger partial charge in [0.25, 0.3) is 0 Å². The molecule has 17 heavy (non-hydrogen) atoms. The minimum Gasteiger partial charge on any atom is -0.486 e. The van der Waals surface area contributed by atoms with Crippen LogP contribution in [0.5, 0.6) is 5.75 Å². The van der Waals surface area contributed by atoms with Gasteiger partial charge in [-0.2, -0.15) is 0 Å². The molecule has 2 saturated heterocycles. The Labute approximate surface area is 101 Å². The summed E-state index contributed by atoms with van der Waals surface area (Å²) in [5.41, 5.74) is 1.03. The Morgan fingerprint density at radius 1 is 1.18 bits per heavy atom. The molecule has 0 saturated carbocycles. The number of rotatable bonds is 3. The molecule has 1 unspecified atom stereocenters. The van der Waals surface area contributed by atoms with Gasteiger partial charge in [0.15, 0.2) is 0 Å². The first-order valence-corrected chi connectivity index (χ1v) is 5.93. The lowest BCUT2D eigenvalue weighted by Crippen LogP contribution is -2.38. The Bertz CT molecular complexity index is 377. The van der Waals surface area contributed by atoms with E-state index in [4.69, 9.17) is 18.8 Å². The molecule has 0 radical (unpaired) electrons. The fourth-order valence-electron chi connectivity index (χ4n) is 1.87. The molecule has 2 aliphatic heterocycles. The average molecular weight is 234 g/mol. The predicted molar refractivity (Wildman–Crippen MR) is 63.6 cm³/mol. The first-order chi connectivity index (χ1) is 8.31. The maximum absolute atomic E-state index is 5.68. The van der Waals surface area contributed by atoms with Crippen molar-refractivity contribution < 1.29 is 18.8 Å². The van der Waals surface area contributed by atoms with Crippen LogP contribution in [0.1, 0.15) is 6.92 Å². The highest BCUT2D eigenvalue weighted by Gasteiger charge is 2.30. The van der Waals surface area contributed by atoms with Gasteiger partial charge < -0.3 is 18.8 Å². The zero-order valence-corrected chi connectivity index (χ0v) is 9.80. The first-order valence-electron chi connectivity index (χ1n) is 5.93. The summed E-state index contributed by atoms with van der Waals surface area (Å²) in [6.07, 6.45) is 0.378. The minimum atomic E-state index is -0.230. The van der Waals surface area contributed by atoms with Gasteiger partial charge in [0, 0.05) is 0 Å². The second kappa shape index (κ2) is 4.68. The maximum atomic E-state index is 5.68. The van der Waals surface area contributed by atoms with Crippen molar-refractivity contribution in [3.05, 3.63) is 24.3 Å². The summed E-state index contributed by atoms with van der Waals surface area (Å²) in [6.45, 7) is 4.04. The number of hydrogen-bond donors (Lipinski definition) is 0. The molecule has 1 aromatic rings. The van der Waals surface area contributed by atoms with Crippen molar-refractivity contribution in [2.24, 2.45) is 0 Å². The van der Waals surface area contributed by atoms with Gasteiger partial charge in [0.05, 0.1) is 25.9 Å². The van der Waals surface area contributed by atoms with E-state index in [0.29, 0.717) is 19.8 Å². The monoisotopic (exact) mass is 234 g/mol. The van der Waals surface area contributed by atoms with Crippen LogP contribution in [0.2, 0.25) is 0 Å². The Hall–Kier alpha value is -1.04. The summed E-state index contributed by atoms with van der Waals surface area (Å²) < 4.78 is 21.9. The molecule has 0 bridgehead atoms. The molecule has 2 fully saturated rings. The topological polar surface area (TPSA) is 36.9 Å². The molecule has 0 aromatic heterocycles. The molecular weight excluding hydrogens is 219 g/mol. The van der Waals surface area contributed by atoms with Crippen molar-refractivity contribution in [1.29, 1.82) is 0 Å². The summed E-state index contributed by atoms with van der Waals surface area (Å²) in [5.74, 6) is 0.869. The molecule has 5 heteroatoms. The highest BCUT2D eigenvalue weighted by molar-refractivity contribution is 6.61. The number of hydrogen-bond acceptors (Lipinski definition) is 4. The molecule has 0 N–H and O–H groups in total. The van der Waals surface area contributed by atoms with Crippen LogP contribution in [0.25, 0.3) is 0 Å². The van der Waals surface area contributed by atoms with Crippen molar-refractivity contribution in [1.82, 2.24) is 0 Å². The van der Waals surface area contributed by atoms with Crippen LogP contribution >= 0.6 is 0 Å². The van der Waals surface area contributed by atoms with Crippen LogP contribution in [0.3, 0.4) is 0 Å². The van der Waals surface area contributed by atoms with Gasteiger partial charge in [-0.15, -0.1) is 0 Å². The fraction of sp³-hybridized carbons (Fsp3) is 0.500. The Balaban J connectivity index is 1.63. The lowest BCUT2D eigenvalue weighted by Gasteiger charge is -2.26. The third-order valence-corrected chi connectivity index (χ3v) is 2.90. The van der Waals surface area contributed by atoms with Gasteiger partial charge in [0.1, 0.15) is 11.9 Å². The highest BCUT2D eigenvalue weighted by Crippen LogP contribution is 2.15. The highest BCUT2D eigenvalue weighted by atomic mass is 16.6. The minimum absolute atomic E-state index is 0.169. The predicted octanol–water partition coefficient (Wildman–Crippen LogP) is 0.595. The molecule has 2 aliphatic rings. The van der Waals surface area contributed by atoms with Gasteiger partial charge in [-0.1, -0.05) is 12.1 Å². The quantitative estimate of drug-likeness (QED) is 0.717. The second-order valence-electron chi connectivity index (χ2n) is 4.46. The SMILES string of the molecule is CC1COB(c2ccc(OC3COC3)cc2)O1. The van der Waals surface area contributed by atoms with Crippen molar-refractivity contribution in [3.8, 4) is 5.75 Å². The van der Waals surface area contributed by atoms with E-state index < -0.39 is 0 Å². The van der Waals surface area contributed by atoms with Crippen LogP contribution in [-0.2, 0) is 14.0 Å². The summed E-state index contributed by atoms with van der Waals surface area (Å²) in [7, 11) is -0.230.